The first-order valence-electron chi connectivity index (χ1n) is 14.5. The Morgan fingerprint density at radius 2 is 1.63 bits per heavy atom. The van der Waals surface area contributed by atoms with Gasteiger partial charge in [0.15, 0.2) is 0 Å². The third kappa shape index (κ3) is 4.53. The number of non-ortho nitro benzene ring substituents is 1. The van der Waals surface area contributed by atoms with E-state index in [1.165, 1.54) is 56.2 Å². The molecule has 8 rings (SSSR count). The van der Waals surface area contributed by atoms with Gasteiger partial charge in [-0.15, -0.1) is 0 Å². The Bertz CT molecular complexity index is 1580. The molecule has 7 nitrogen and oxygen atoms in total. The molecule has 5 fully saturated rings. The lowest BCUT2D eigenvalue weighted by Crippen LogP contribution is -2.48. The molecule has 4 bridgehead atoms. The highest BCUT2D eigenvalue weighted by Crippen LogP contribution is 2.60. The molecule has 210 valence electrons. The number of hydrogen-bond donors (Lipinski definition) is 0. The predicted molar refractivity (Wildman–Crippen MR) is 160 cm³/mol. The molecule has 1 aliphatic heterocycles. The summed E-state index contributed by atoms with van der Waals surface area (Å²) in [4.78, 5) is 38.1. The summed E-state index contributed by atoms with van der Waals surface area (Å²) in [5.74, 6) is 2.36. The Kier molecular flexibility index (Phi) is 6.23. The second-order valence-corrected chi connectivity index (χ2v) is 13.6. The van der Waals surface area contributed by atoms with Gasteiger partial charge < -0.3 is 4.57 Å². The fraction of sp³-hybridized carbons (Fsp3) is 0.394. The van der Waals surface area contributed by atoms with Crippen molar-refractivity contribution in [2.45, 2.75) is 64.3 Å². The second-order valence-electron chi connectivity index (χ2n) is 12.6. The number of nitro groups is 1. The van der Waals surface area contributed by atoms with E-state index >= 15 is 0 Å². The van der Waals surface area contributed by atoms with Gasteiger partial charge in [-0.1, -0.05) is 24.3 Å². The summed E-state index contributed by atoms with van der Waals surface area (Å²) in [5.41, 5.74) is 6.41. The average molecular weight is 568 g/mol. The van der Waals surface area contributed by atoms with Gasteiger partial charge in [0.25, 0.3) is 16.8 Å². The van der Waals surface area contributed by atoms with Crippen LogP contribution in [0.2, 0.25) is 0 Å². The molecule has 0 unspecified atom stereocenters. The van der Waals surface area contributed by atoms with Crippen LogP contribution in [0.1, 0.15) is 66.6 Å². The van der Waals surface area contributed by atoms with Crippen molar-refractivity contribution in [3.8, 4) is 5.69 Å². The first kappa shape index (κ1) is 26.3. The fourth-order valence-corrected chi connectivity index (χ4v) is 9.32. The molecule has 0 N–H and O–H groups in total. The Labute approximate surface area is 243 Å². The number of rotatable bonds is 6. The average Bonchev–Trinajstić information content (AvgIpc) is 3.36. The van der Waals surface area contributed by atoms with E-state index in [1.807, 2.05) is 6.92 Å². The lowest BCUT2D eigenvalue weighted by Gasteiger charge is -2.57. The van der Waals surface area contributed by atoms with Gasteiger partial charge in [-0.2, -0.15) is 0 Å². The highest BCUT2D eigenvalue weighted by molar-refractivity contribution is 8.18. The van der Waals surface area contributed by atoms with Crippen LogP contribution in [0, 0.1) is 41.7 Å². The largest absolute Gasteiger partial charge is 0.318 e. The Morgan fingerprint density at radius 3 is 2.27 bits per heavy atom. The van der Waals surface area contributed by atoms with Crippen LogP contribution in [0.25, 0.3) is 11.8 Å². The number of carbonyl (C=O) groups excluding carboxylic acids is 2. The van der Waals surface area contributed by atoms with E-state index < -0.39 is 4.92 Å². The smallest absolute Gasteiger partial charge is 0.293 e. The van der Waals surface area contributed by atoms with E-state index in [2.05, 4.69) is 41.8 Å². The number of aromatic nitrogens is 1. The van der Waals surface area contributed by atoms with Crippen molar-refractivity contribution in [3.05, 3.63) is 97.7 Å². The van der Waals surface area contributed by atoms with Crippen molar-refractivity contribution in [3.63, 3.8) is 0 Å². The molecule has 3 aromatic rings. The number of nitrogens with zero attached hydrogens (tertiary/aromatic N) is 3. The van der Waals surface area contributed by atoms with E-state index in [-0.39, 0.29) is 23.4 Å². The van der Waals surface area contributed by atoms with Crippen LogP contribution in [0.3, 0.4) is 0 Å². The van der Waals surface area contributed by atoms with Crippen molar-refractivity contribution >= 4 is 34.7 Å². The van der Waals surface area contributed by atoms with Crippen LogP contribution in [0.5, 0.6) is 0 Å². The number of aryl methyl sites for hydroxylation is 1. The van der Waals surface area contributed by atoms with E-state index in [0.717, 1.165) is 57.1 Å². The van der Waals surface area contributed by atoms with E-state index in [1.54, 1.807) is 18.2 Å². The lowest BCUT2D eigenvalue weighted by atomic mass is 9.48. The maximum absolute atomic E-state index is 13.2. The minimum atomic E-state index is -0.482. The molecule has 2 aromatic carbocycles. The number of carbonyl (C=O) groups is 2. The van der Waals surface area contributed by atoms with Crippen LogP contribution in [-0.2, 0) is 16.8 Å². The molecule has 4 aliphatic carbocycles. The monoisotopic (exact) mass is 567 g/mol. The fourth-order valence-electron chi connectivity index (χ4n) is 8.49. The number of thioether (sulfide) groups is 1. The predicted octanol–water partition coefficient (Wildman–Crippen LogP) is 7.71. The van der Waals surface area contributed by atoms with Crippen LogP contribution in [-0.4, -0.2) is 25.5 Å². The molecule has 5 aliphatic rings. The Balaban J connectivity index is 1.12. The molecule has 0 atom stereocenters. The maximum Gasteiger partial charge on any atom is 0.293 e. The standard InChI is InChI=1S/C33H33N3O4S/c1-20-10-26(15-30-31(37)34(32(38)41-30)19-22-4-3-5-29(14-22)36(39)40)21(2)35(20)28-8-6-27(7-9-28)33-16-23-11-24(17-33)13-25(12-23)18-33/h3-10,14-15,23-25H,11-13,16-19H2,1-2H3/b30-15+. The summed E-state index contributed by atoms with van der Waals surface area (Å²) >= 11 is 0.910. The highest BCUT2D eigenvalue weighted by Gasteiger charge is 2.51. The van der Waals surface area contributed by atoms with E-state index in [4.69, 9.17) is 0 Å². The molecule has 0 radical (unpaired) electrons. The molecule has 1 aromatic heterocycles. The van der Waals surface area contributed by atoms with Crippen LogP contribution in [0.15, 0.2) is 59.5 Å². The molecule has 1 saturated heterocycles. The van der Waals surface area contributed by atoms with Crippen molar-refractivity contribution in [2.75, 3.05) is 0 Å². The Morgan fingerprint density at radius 1 is 0.976 bits per heavy atom. The number of nitro benzene ring substituents is 1. The second kappa shape index (κ2) is 9.72. The summed E-state index contributed by atoms with van der Waals surface area (Å²) < 4.78 is 2.21. The van der Waals surface area contributed by atoms with Crippen molar-refractivity contribution < 1.29 is 14.5 Å². The van der Waals surface area contributed by atoms with E-state index in [0.29, 0.717) is 15.9 Å². The number of amides is 2. The van der Waals surface area contributed by atoms with Gasteiger partial charge in [0.1, 0.15) is 0 Å². The minimum Gasteiger partial charge on any atom is -0.318 e. The van der Waals surface area contributed by atoms with E-state index in [9.17, 15) is 19.7 Å². The van der Waals surface area contributed by atoms with Crippen molar-refractivity contribution in [1.29, 1.82) is 0 Å². The molecular weight excluding hydrogens is 534 g/mol. The first-order valence-corrected chi connectivity index (χ1v) is 15.3. The normalized spacial score (nSPS) is 27.8. The molecule has 2 amide bonds. The summed E-state index contributed by atoms with van der Waals surface area (Å²) in [6, 6.07) is 17.3. The molecular formula is C33H33N3O4S. The summed E-state index contributed by atoms with van der Waals surface area (Å²) in [5, 5.41) is 10.8. The zero-order chi connectivity index (χ0) is 28.5. The zero-order valence-electron chi connectivity index (χ0n) is 23.3. The number of benzene rings is 2. The summed E-state index contributed by atoms with van der Waals surface area (Å²) in [6.07, 6.45) is 10.2. The summed E-state index contributed by atoms with van der Waals surface area (Å²) in [7, 11) is 0. The molecule has 41 heavy (non-hydrogen) atoms. The zero-order valence-corrected chi connectivity index (χ0v) is 24.2. The SMILES string of the molecule is Cc1cc(/C=C2/SC(=O)N(Cc3cccc([N+](=O)[O-])c3)C2=O)c(C)n1-c1ccc(C23CC4CC(CC(C4)C2)C3)cc1. The van der Waals surface area contributed by atoms with Crippen LogP contribution < -0.4 is 0 Å². The van der Waals surface area contributed by atoms with Gasteiger partial charge in [-0.25, -0.2) is 0 Å². The number of imide groups is 1. The van der Waals surface area contributed by atoms with Crippen molar-refractivity contribution in [1.82, 2.24) is 9.47 Å². The van der Waals surface area contributed by atoms with Crippen LogP contribution >= 0.6 is 11.8 Å². The Hall–Kier alpha value is -3.65. The molecule has 2 heterocycles. The molecule has 8 heteroatoms. The number of hydrogen-bond acceptors (Lipinski definition) is 5. The van der Waals surface area contributed by atoms with Gasteiger partial charge in [-0.3, -0.25) is 24.6 Å². The quantitative estimate of drug-likeness (QED) is 0.173. The molecule has 0 spiro atoms. The lowest BCUT2D eigenvalue weighted by molar-refractivity contribution is -0.384. The van der Waals surface area contributed by atoms with Gasteiger partial charge in [0.2, 0.25) is 0 Å². The third-order valence-corrected chi connectivity index (χ3v) is 10.8. The topological polar surface area (TPSA) is 85.5 Å². The van der Waals surface area contributed by atoms with Crippen molar-refractivity contribution in [2.24, 2.45) is 17.8 Å². The van der Waals surface area contributed by atoms with Crippen LogP contribution in [0.4, 0.5) is 10.5 Å². The van der Waals surface area contributed by atoms with Gasteiger partial charge in [0.05, 0.1) is 16.4 Å². The van der Waals surface area contributed by atoms with Gasteiger partial charge in [-0.05, 0) is 128 Å². The minimum absolute atomic E-state index is 0.00120. The third-order valence-electron chi connectivity index (χ3n) is 9.87. The highest BCUT2D eigenvalue weighted by atomic mass is 32.2. The first-order chi connectivity index (χ1) is 19.7. The maximum atomic E-state index is 13.2. The van der Waals surface area contributed by atoms with Gasteiger partial charge >= 0.3 is 0 Å². The summed E-state index contributed by atoms with van der Waals surface area (Å²) in [6.45, 7) is 4.10. The molecule has 4 saturated carbocycles. The van der Waals surface area contributed by atoms with Gasteiger partial charge in [0, 0.05) is 29.2 Å².